The van der Waals surface area contributed by atoms with Crippen molar-refractivity contribution in [3.05, 3.63) is 71.3 Å². The van der Waals surface area contributed by atoms with Crippen LogP contribution < -0.4 is 0 Å². The minimum atomic E-state index is -4.08. The van der Waals surface area contributed by atoms with Crippen molar-refractivity contribution >= 4 is 32.4 Å². The van der Waals surface area contributed by atoms with Gasteiger partial charge in [0.2, 0.25) is 0 Å². The van der Waals surface area contributed by atoms with Gasteiger partial charge in [0, 0.05) is 37.6 Å². The fraction of sp³-hybridized carbons (Fsp3) is 0.174. The highest BCUT2D eigenvalue weighted by Gasteiger charge is 2.30. The van der Waals surface area contributed by atoms with E-state index in [0.29, 0.717) is 28.2 Å². The lowest BCUT2D eigenvalue weighted by atomic mass is 10.1. The van der Waals surface area contributed by atoms with Gasteiger partial charge in [0.15, 0.2) is 0 Å². The summed E-state index contributed by atoms with van der Waals surface area (Å²) in [6.07, 6.45) is 3.51. The van der Waals surface area contributed by atoms with Crippen LogP contribution in [0.25, 0.3) is 33.3 Å². The Labute approximate surface area is 196 Å². The highest BCUT2D eigenvalue weighted by Crippen LogP contribution is 2.40. The number of rotatable bonds is 4. The smallest absolute Gasteiger partial charge is 0.275 e. The molecule has 0 aliphatic rings. The third-order valence-electron chi connectivity index (χ3n) is 5.58. The monoisotopic (exact) mass is 480 g/mol. The van der Waals surface area contributed by atoms with Crippen LogP contribution in [0.4, 0.5) is 0 Å². The van der Waals surface area contributed by atoms with Crippen LogP contribution in [-0.4, -0.2) is 37.2 Å². The molecule has 0 spiro atoms. The zero-order chi connectivity index (χ0) is 23.5. The van der Waals surface area contributed by atoms with Gasteiger partial charge in [-0.3, -0.25) is 9.36 Å². The normalized spacial score (nSPS) is 12.0. The van der Waals surface area contributed by atoms with Crippen LogP contribution in [-0.2, 0) is 24.1 Å². The van der Waals surface area contributed by atoms with Gasteiger partial charge < -0.3 is 0 Å². The molecular weight excluding hydrogens is 460 g/mol. The van der Waals surface area contributed by atoms with Crippen LogP contribution >= 0.6 is 11.6 Å². The second kappa shape index (κ2) is 7.57. The Balaban J connectivity index is 1.80. The Hall–Kier alpha value is -3.43. The van der Waals surface area contributed by atoms with E-state index in [4.69, 9.17) is 11.6 Å². The maximum atomic E-state index is 13.9. The van der Waals surface area contributed by atoms with Crippen LogP contribution in [0.1, 0.15) is 11.4 Å². The summed E-state index contributed by atoms with van der Waals surface area (Å²) < 4.78 is 32.0. The van der Waals surface area contributed by atoms with Crippen molar-refractivity contribution in [1.29, 1.82) is 0 Å². The van der Waals surface area contributed by atoms with Gasteiger partial charge in [-0.1, -0.05) is 41.9 Å². The molecule has 3 aromatic heterocycles. The lowest BCUT2D eigenvalue weighted by molar-refractivity contribution is 0.581. The Morgan fingerprint density at radius 1 is 0.818 bits per heavy atom. The molecule has 0 atom stereocenters. The number of aromatic nitrogens is 6. The minimum Gasteiger partial charge on any atom is -0.275 e. The standard InChI is InChI=1S/C23H21ClN6O2S/c1-14-19(12-28(3)25-14)22-21(24)23(20-13-29(4)26-15(20)2)30(27-22)33(31,32)18-10-9-16-7-5-6-8-17(16)11-18/h5-13H,1-4H3. The molecule has 0 radical (unpaired) electrons. The molecule has 0 N–H and O–H groups in total. The van der Waals surface area contributed by atoms with E-state index in [-0.39, 0.29) is 15.6 Å². The molecule has 10 heteroatoms. The van der Waals surface area contributed by atoms with Gasteiger partial charge in [-0.2, -0.15) is 27.8 Å². The SMILES string of the molecule is Cc1nn(C)cc1-c1nn(S(=O)(=O)c2ccc3ccccc3c2)c(-c2cn(C)nc2C)c1Cl. The molecule has 0 saturated heterocycles. The zero-order valence-electron chi connectivity index (χ0n) is 18.5. The largest absolute Gasteiger partial charge is 0.283 e. The number of benzene rings is 2. The first-order valence-corrected chi connectivity index (χ1v) is 12.0. The van der Waals surface area contributed by atoms with Crippen LogP contribution in [0.15, 0.2) is 59.8 Å². The molecular formula is C23H21ClN6O2S. The topological polar surface area (TPSA) is 87.6 Å². The molecule has 8 nitrogen and oxygen atoms in total. The van der Waals surface area contributed by atoms with Gasteiger partial charge in [0.1, 0.15) is 11.4 Å². The van der Waals surface area contributed by atoms with Crippen LogP contribution in [0.3, 0.4) is 0 Å². The quantitative estimate of drug-likeness (QED) is 0.381. The van der Waals surface area contributed by atoms with Crippen molar-refractivity contribution < 1.29 is 8.42 Å². The molecule has 33 heavy (non-hydrogen) atoms. The lowest BCUT2D eigenvalue weighted by Crippen LogP contribution is -2.16. The second-order valence-corrected chi connectivity index (χ2v) is 10.1. The van der Waals surface area contributed by atoms with E-state index in [1.54, 1.807) is 61.0 Å². The number of aryl methyl sites for hydroxylation is 4. The molecule has 0 unspecified atom stereocenters. The molecule has 0 aliphatic carbocycles. The van der Waals surface area contributed by atoms with E-state index in [9.17, 15) is 8.42 Å². The first-order valence-electron chi connectivity index (χ1n) is 10.2. The van der Waals surface area contributed by atoms with Crippen molar-refractivity contribution in [2.24, 2.45) is 14.1 Å². The van der Waals surface area contributed by atoms with Crippen molar-refractivity contribution in [2.75, 3.05) is 0 Å². The van der Waals surface area contributed by atoms with E-state index >= 15 is 0 Å². The van der Waals surface area contributed by atoms with Crippen LogP contribution in [0, 0.1) is 13.8 Å². The molecule has 5 rings (SSSR count). The van der Waals surface area contributed by atoms with Gasteiger partial charge in [0.05, 0.1) is 21.3 Å². The van der Waals surface area contributed by atoms with Crippen molar-refractivity contribution in [3.63, 3.8) is 0 Å². The maximum Gasteiger partial charge on any atom is 0.283 e. The average Bonchev–Trinajstić information content (AvgIpc) is 3.41. The predicted molar refractivity (Wildman–Crippen MR) is 128 cm³/mol. The third kappa shape index (κ3) is 3.44. The van der Waals surface area contributed by atoms with E-state index in [1.165, 1.54) is 0 Å². The summed E-state index contributed by atoms with van der Waals surface area (Å²) in [5.74, 6) is 0. The summed E-state index contributed by atoms with van der Waals surface area (Å²) in [6.45, 7) is 3.64. The Morgan fingerprint density at radius 3 is 2.03 bits per heavy atom. The van der Waals surface area contributed by atoms with Crippen LogP contribution in [0.2, 0.25) is 5.02 Å². The van der Waals surface area contributed by atoms with E-state index in [0.717, 1.165) is 14.9 Å². The Kier molecular flexibility index (Phi) is 4.91. The van der Waals surface area contributed by atoms with Crippen molar-refractivity contribution in [1.82, 2.24) is 28.7 Å². The zero-order valence-corrected chi connectivity index (χ0v) is 20.1. The number of halogens is 1. The van der Waals surface area contributed by atoms with Crippen molar-refractivity contribution in [2.45, 2.75) is 18.7 Å². The first-order chi connectivity index (χ1) is 15.7. The highest BCUT2D eigenvalue weighted by atomic mass is 35.5. The highest BCUT2D eigenvalue weighted by molar-refractivity contribution is 7.90. The molecule has 0 saturated carbocycles. The lowest BCUT2D eigenvalue weighted by Gasteiger charge is -2.09. The minimum absolute atomic E-state index is 0.123. The number of hydrogen-bond donors (Lipinski definition) is 0. The second-order valence-electron chi connectivity index (χ2n) is 7.97. The molecule has 0 amide bonds. The third-order valence-corrected chi connectivity index (χ3v) is 7.51. The Bertz CT molecular complexity index is 1640. The molecule has 5 aromatic rings. The summed E-state index contributed by atoms with van der Waals surface area (Å²) >= 11 is 6.83. The fourth-order valence-electron chi connectivity index (χ4n) is 4.04. The van der Waals surface area contributed by atoms with E-state index in [1.807, 2.05) is 31.2 Å². The summed E-state index contributed by atoms with van der Waals surface area (Å²) in [5.41, 5.74) is 3.22. The number of fused-ring (bicyclic) bond motifs is 1. The molecule has 0 fully saturated rings. The number of nitrogens with zero attached hydrogens (tertiary/aromatic N) is 6. The molecule has 0 bridgehead atoms. The predicted octanol–water partition coefficient (Wildman–Crippen LogP) is 4.34. The number of hydrogen-bond acceptors (Lipinski definition) is 5. The van der Waals surface area contributed by atoms with Crippen molar-refractivity contribution in [3.8, 4) is 22.5 Å². The van der Waals surface area contributed by atoms with Crippen LogP contribution in [0.5, 0.6) is 0 Å². The average molecular weight is 481 g/mol. The Morgan fingerprint density at radius 2 is 1.42 bits per heavy atom. The summed E-state index contributed by atoms with van der Waals surface area (Å²) in [6, 6.07) is 12.6. The molecule has 0 aliphatic heterocycles. The van der Waals surface area contributed by atoms with Gasteiger partial charge in [-0.25, -0.2) is 0 Å². The molecule has 2 aromatic carbocycles. The molecule has 168 valence electrons. The summed E-state index contributed by atoms with van der Waals surface area (Å²) in [4.78, 5) is 0.123. The van der Waals surface area contributed by atoms with Gasteiger partial charge >= 0.3 is 0 Å². The van der Waals surface area contributed by atoms with Gasteiger partial charge in [0.25, 0.3) is 10.0 Å². The van der Waals surface area contributed by atoms with Gasteiger partial charge in [-0.15, -0.1) is 0 Å². The summed E-state index contributed by atoms with van der Waals surface area (Å²) in [5, 5.41) is 15.2. The van der Waals surface area contributed by atoms with Gasteiger partial charge in [-0.05, 0) is 36.8 Å². The fourth-order valence-corrected chi connectivity index (χ4v) is 5.75. The molecule has 3 heterocycles. The van der Waals surface area contributed by atoms with E-state index in [2.05, 4.69) is 15.3 Å². The first kappa shape index (κ1) is 21.4. The summed E-state index contributed by atoms with van der Waals surface area (Å²) in [7, 11) is -0.512. The van der Waals surface area contributed by atoms with E-state index < -0.39 is 10.0 Å². The maximum absolute atomic E-state index is 13.9.